The Morgan fingerprint density at radius 3 is 2.20 bits per heavy atom. The van der Waals surface area contributed by atoms with Gasteiger partial charge in [0.15, 0.2) is 17.3 Å². The van der Waals surface area contributed by atoms with Crippen molar-refractivity contribution in [3.05, 3.63) is 121 Å². The van der Waals surface area contributed by atoms with Crippen LogP contribution in [0.1, 0.15) is 26.6 Å². The van der Waals surface area contributed by atoms with E-state index in [0.29, 0.717) is 40.0 Å². The van der Waals surface area contributed by atoms with Crippen LogP contribution >= 0.6 is 0 Å². The minimum absolute atomic E-state index is 0.0447. The van der Waals surface area contributed by atoms with Gasteiger partial charge >= 0.3 is 5.91 Å². The lowest BCUT2D eigenvalue weighted by Gasteiger charge is -2.40. The lowest BCUT2D eigenvalue weighted by molar-refractivity contribution is -0.138. The number of benzene rings is 4. The van der Waals surface area contributed by atoms with Crippen LogP contribution in [0.15, 0.2) is 116 Å². The van der Waals surface area contributed by atoms with Crippen molar-refractivity contribution >= 4 is 46.2 Å². The van der Waals surface area contributed by atoms with Crippen LogP contribution in [-0.2, 0) is 20.8 Å². The summed E-state index contributed by atoms with van der Waals surface area (Å²) >= 11 is 0. The van der Waals surface area contributed by atoms with Gasteiger partial charge in [0.25, 0.3) is 0 Å². The highest BCUT2D eigenvalue weighted by atomic mass is 16.5. The van der Waals surface area contributed by atoms with E-state index < -0.39 is 12.0 Å². The number of imidazole rings is 1. The second-order valence-corrected chi connectivity index (χ2v) is 11.5. The molecule has 0 spiro atoms. The van der Waals surface area contributed by atoms with Crippen molar-refractivity contribution < 1.29 is 19.1 Å². The molecule has 46 heavy (non-hydrogen) atoms. The number of carbonyl (C=O) groups excluding carboxylic acids is 3. The Morgan fingerprint density at radius 2 is 1.54 bits per heavy atom. The van der Waals surface area contributed by atoms with Crippen LogP contribution in [0.4, 0.5) is 28.4 Å². The van der Waals surface area contributed by atoms with Crippen LogP contribution in [0.25, 0.3) is 5.69 Å². The van der Waals surface area contributed by atoms with Crippen LogP contribution in [0.2, 0.25) is 0 Å². The number of rotatable bonds is 8. The van der Waals surface area contributed by atoms with E-state index in [1.165, 1.54) is 6.92 Å². The van der Waals surface area contributed by atoms with Gasteiger partial charge in [-0.05, 0) is 56.3 Å². The number of anilines is 3. The molecule has 0 fully saturated rings. The second kappa shape index (κ2) is 12.5. The molecule has 0 saturated heterocycles. The van der Waals surface area contributed by atoms with Crippen molar-refractivity contribution in [2.75, 3.05) is 17.3 Å². The highest BCUT2D eigenvalue weighted by Crippen LogP contribution is 2.52. The Balaban J connectivity index is 1.66. The van der Waals surface area contributed by atoms with Crippen LogP contribution in [0, 0.1) is 5.92 Å². The molecule has 0 radical (unpaired) electrons. The molecule has 1 aliphatic rings. The van der Waals surface area contributed by atoms with Crippen molar-refractivity contribution in [3.63, 3.8) is 0 Å². The molecule has 1 aromatic heterocycles. The molecule has 4 aromatic carbocycles. The lowest BCUT2D eigenvalue weighted by Crippen LogP contribution is -2.58. The second-order valence-electron chi connectivity index (χ2n) is 11.5. The predicted molar refractivity (Wildman–Crippen MR) is 180 cm³/mol. The minimum atomic E-state index is -1.16. The van der Waals surface area contributed by atoms with Gasteiger partial charge in [0, 0.05) is 49.2 Å². The first-order valence-electron chi connectivity index (χ1n) is 15.2. The summed E-state index contributed by atoms with van der Waals surface area (Å²) in [7, 11) is 1.56. The number of para-hydroxylation sites is 4. The molecule has 0 saturated carbocycles. The fraction of sp³-hybridized carbons (Fsp3) is 0.189. The molecule has 2 unspecified atom stereocenters. The number of methoxy groups -OCH3 is 1. The predicted octanol–water partition coefficient (Wildman–Crippen LogP) is 6.95. The highest BCUT2D eigenvalue weighted by Gasteiger charge is 2.57. The fourth-order valence-corrected chi connectivity index (χ4v) is 6.49. The highest BCUT2D eigenvalue weighted by molar-refractivity contribution is 6.21. The van der Waals surface area contributed by atoms with E-state index in [2.05, 4.69) is 10.3 Å². The number of aromatic nitrogens is 2. The molecule has 232 valence electrons. The van der Waals surface area contributed by atoms with Gasteiger partial charge in [-0.1, -0.05) is 48.5 Å². The molecule has 9 nitrogen and oxygen atoms in total. The summed E-state index contributed by atoms with van der Waals surface area (Å²) in [6.45, 7) is 5.34. The molecule has 2 atom stereocenters. The third kappa shape index (κ3) is 5.14. The van der Waals surface area contributed by atoms with Crippen LogP contribution in [-0.4, -0.2) is 40.4 Å². The summed E-state index contributed by atoms with van der Waals surface area (Å²) < 4.78 is 7.20. The zero-order valence-electron chi connectivity index (χ0n) is 26.3. The molecule has 6 rings (SSSR count). The minimum Gasteiger partial charge on any atom is -0.497 e. The number of quaternary nitrogens is 1. The molecule has 3 amide bonds. The Labute approximate surface area is 268 Å². The monoisotopic (exact) mass is 614 g/mol. The Bertz CT molecular complexity index is 1900. The molecule has 1 N–H and O–H groups in total. The van der Waals surface area contributed by atoms with Crippen molar-refractivity contribution in [1.29, 1.82) is 0 Å². The quantitative estimate of drug-likeness (QED) is 0.151. The average molecular weight is 615 g/mol. The molecular weight excluding hydrogens is 578 g/mol. The number of hydrogen-bond acceptors (Lipinski definition) is 5. The lowest BCUT2D eigenvalue weighted by atomic mass is 9.96. The molecular formula is C37H36N5O4+. The first-order valence-corrected chi connectivity index (χ1v) is 15.2. The average Bonchev–Trinajstić information content (AvgIpc) is 3.51. The van der Waals surface area contributed by atoms with E-state index in [-0.39, 0.29) is 28.6 Å². The summed E-state index contributed by atoms with van der Waals surface area (Å²) in [6.07, 6.45) is 3.56. The summed E-state index contributed by atoms with van der Waals surface area (Å²) in [5.41, 5.74) is 3.65. The molecule has 5 aromatic rings. The Morgan fingerprint density at radius 1 is 0.891 bits per heavy atom. The van der Waals surface area contributed by atoms with Gasteiger partial charge in [-0.15, -0.1) is 0 Å². The maximum atomic E-state index is 15.6. The number of nitrogens with one attached hydrogen (secondary N) is 1. The maximum Gasteiger partial charge on any atom is 0.337 e. The maximum absolute atomic E-state index is 15.6. The van der Waals surface area contributed by atoms with Gasteiger partial charge in [-0.3, -0.25) is 14.5 Å². The smallest absolute Gasteiger partial charge is 0.337 e. The number of fused-ring (bicyclic) bond motifs is 1. The van der Waals surface area contributed by atoms with E-state index in [9.17, 15) is 9.59 Å². The zero-order valence-corrected chi connectivity index (χ0v) is 26.3. The molecule has 0 aliphatic carbocycles. The third-order valence-corrected chi connectivity index (χ3v) is 8.49. The van der Waals surface area contributed by atoms with E-state index in [1.807, 2.05) is 110 Å². The van der Waals surface area contributed by atoms with E-state index in [1.54, 1.807) is 36.4 Å². The molecule has 1 aliphatic heterocycles. The van der Waals surface area contributed by atoms with Gasteiger partial charge in [0.05, 0.1) is 7.11 Å². The number of ether oxygens (including phenoxy) is 1. The third-order valence-electron chi connectivity index (χ3n) is 8.49. The molecule has 9 heteroatoms. The Kier molecular flexibility index (Phi) is 8.25. The number of hydrogen-bond donors (Lipinski definition) is 1. The van der Waals surface area contributed by atoms with Gasteiger partial charge in [-0.25, -0.2) is 9.78 Å². The summed E-state index contributed by atoms with van der Waals surface area (Å²) in [5, 5.41) is 2.94. The van der Waals surface area contributed by atoms with Crippen LogP contribution < -0.4 is 19.4 Å². The zero-order chi connectivity index (χ0) is 32.4. The summed E-state index contributed by atoms with van der Waals surface area (Å²) in [6, 6.07) is 31.4. The van der Waals surface area contributed by atoms with Gasteiger partial charge in [0.2, 0.25) is 11.8 Å². The topological polar surface area (TPSA) is 93.5 Å². The van der Waals surface area contributed by atoms with Gasteiger partial charge in [-0.2, -0.15) is 4.48 Å². The van der Waals surface area contributed by atoms with Gasteiger partial charge in [0.1, 0.15) is 29.0 Å². The van der Waals surface area contributed by atoms with Crippen LogP contribution in [0.5, 0.6) is 5.75 Å². The summed E-state index contributed by atoms with van der Waals surface area (Å²) in [5.74, 6) is -1.06. The standard InChI is InChI=1S/C37H35N5O4/c1-25(2)42(34-23-29(46-4)19-20-31(34)39-26(3)43)33-18-12-11-17-32(33)41(28-15-9-6-10-16-28)36(44)30(37(42)45)24-35-38-21-22-40(35)27-13-7-5-8-14-27/h5-23,25,30H,24H2,1-4H3/p+1. The molecule has 2 heterocycles. The SMILES string of the molecule is COc1ccc(NC(C)=O)c([N+]2(C(C)C)C(=O)C(Cc3nccn3-c3ccccc3)C(=O)N(c3ccccc3)c3ccccc32)c1. The fourth-order valence-electron chi connectivity index (χ4n) is 6.49. The first kappa shape index (κ1) is 30.5. The Hall–Kier alpha value is -5.54. The van der Waals surface area contributed by atoms with Crippen molar-refractivity contribution in [1.82, 2.24) is 14.0 Å². The molecule has 0 bridgehead atoms. The van der Waals surface area contributed by atoms with E-state index in [0.717, 1.165) is 5.69 Å². The van der Waals surface area contributed by atoms with Crippen molar-refractivity contribution in [2.45, 2.75) is 33.2 Å². The van der Waals surface area contributed by atoms with Crippen molar-refractivity contribution in [3.8, 4) is 11.4 Å². The van der Waals surface area contributed by atoms with Gasteiger partial charge < -0.3 is 14.6 Å². The van der Waals surface area contributed by atoms with Crippen LogP contribution in [0.3, 0.4) is 0 Å². The normalized spacial score (nSPS) is 17.8. The largest absolute Gasteiger partial charge is 0.497 e. The summed E-state index contributed by atoms with van der Waals surface area (Å²) in [4.78, 5) is 49.4. The van der Waals surface area contributed by atoms with E-state index in [4.69, 9.17) is 4.74 Å². The van der Waals surface area contributed by atoms with Crippen molar-refractivity contribution in [2.24, 2.45) is 5.92 Å². The number of nitrogens with zero attached hydrogens (tertiary/aromatic N) is 4. The number of carbonyl (C=O) groups is 3. The van der Waals surface area contributed by atoms with E-state index >= 15 is 4.79 Å². The number of amides is 3. The first-order chi connectivity index (χ1) is 22.3.